The Bertz CT molecular complexity index is 364. The zero-order chi connectivity index (χ0) is 11.5. The zero-order valence-electron chi connectivity index (χ0n) is 9.74. The molecule has 0 saturated heterocycles. The van der Waals surface area contributed by atoms with Crippen LogP contribution in [0, 0.1) is 0 Å². The van der Waals surface area contributed by atoms with Gasteiger partial charge in [0.25, 0.3) is 0 Å². The monoisotopic (exact) mass is 224 g/mol. The first-order chi connectivity index (χ1) is 7.74. The van der Waals surface area contributed by atoms with Gasteiger partial charge in [-0.15, -0.1) is 0 Å². The third-order valence-corrected chi connectivity index (χ3v) is 2.74. The lowest BCUT2D eigenvalue weighted by atomic mass is 10.00. The van der Waals surface area contributed by atoms with Crippen molar-refractivity contribution in [1.82, 2.24) is 9.97 Å². The van der Waals surface area contributed by atoms with Crippen molar-refractivity contribution in [3.8, 4) is 5.88 Å². The van der Waals surface area contributed by atoms with Crippen molar-refractivity contribution < 1.29 is 9.13 Å². The fourth-order valence-electron chi connectivity index (χ4n) is 1.87. The maximum Gasteiger partial charge on any atom is 0.220 e. The lowest BCUT2D eigenvalue weighted by Crippen LogP contribution is -2.08. The second-order valence-electron chi connectivity index (χ2n) is 4.44. The highest BCUT2D eigenvalue weighted by atomic mass is 19.1. The number of hydrogen-bond donors (Lipinski definition) is 0. The highest BCUT2D eigenvalue weighted by molar-refractivity contribution is 5.36. The molecule has 0 bridgehead atoms. The molecule has 2 rings (SSSR count). The highest BCUT2D eigenvalue weighted by Gasteiger charge is 2.30. The molecular formula is C12H17FN2O. The molecule has 0 spiro atoms. The average molecular weight is 224 g/mol. The smallest absolute Gasteiger partial charge is 0.220 e. The van der Waals surface area contributed by atoms with Crippen molar-refractivity contribution in [2.45, 2.75) is 38.5 Å². The second kappa shape index (κ2) is 4.76. The Morgan fingerprint density at radius 3 is 2.75 bits per heavy atom. The Morgan fingerprint density at radius 2 is 2.19 bits per heavy atom. The van der Waals surface area contributed by atoms with E-state index in [1.807, 2.05) is 0 Å². The molecule has 0 amide bonds. The van der Waals surface area contributed by atoms with Gasteiger partial charge in [-0.25, -0.2) is 14.4 Å². The van der Waals surface area contributed by atoms with Gasteiger partial charge in [-0.1, -0.05) is 13.8 Å². The van der Waals surface area contributed by atoms with E-state index >= 15 is 0 Å². The molecule has 0 radical (unpaired) electrons. The predicted molar refractivity (Wildman–Crippen MR) is 59.6 cm³/mol. The number of alkyl halides is 1. The molecule has 3 nitrogen and oxygen atoms in total. The van der Waals surface area contributed by atoms with Crippen LogP contribution in [0.2, 0.25) is 0 Å². The number of nitrogens with zero attached hydrogens (tertiary/aromatic N) is 2. The summed E-state index contributed by atoms with van der Waals surface area (Å²) in [4.78, 5) is 8.45. The number of halogens is 1. The van der Waals surface area contributed by atoms with E-state index in [1.165, 1.54) is 19.2 Å². The summed E-state index contributed by atoms with van der Waals surface area (Å²) in [5, 5.41) is 0. The van der Waals surface area contributed by atoms with E-state index in [0.717, 1.165) is 11.3 Å². The Balaban J connectivity index is 2.30. The molecule has 1 aliphatic carbocycles. The molecule has 4 heteroatoms. The molecule has 88 valence electrons. The molecule has 1 heterocycles. The van der Waals surface area contributed by atoms with Crippen molar-refractivity contribution in [1.29, 1.82) is 0 Å². The second-order valence-corrected chi connectivity index (χ2v) is 4.44. The van der Waals surface area contributed by atoms with Crippen molar-refractivity contribution >= 4 is 0 Å². The van der Waals surface area contributed by atoms with Crippen molar-refractivity contribution in [2.24, 2.45) is 0 Å². The van der Waals surface area contributed by atoms with Crippen molar-refractivity contribution in [2.75, 3.05) is 13.3 Å². The standard InChI is InChI=1S/C12H17FN2O/c1-8(2)10-11(9-3-4-9)14-7-15-12(10)16-6-5-13/h7-9H,3-6H2,1-2H3. The summed E-state index contributed by atoms with van der Waals surface area (Å²) in [5.41, 5.74) is 2.15. The average Bonchev–Trinajstić information content (AvgIpc) is 3.09. The molecule has 0 N–H and O–H groups in total. The van der Waals surface area contributed by atoms with Gasteiger partial charge >= 0.3 is 0 Å². The SMILES string of the molecule is CC(C)c1c(OCCF)ncnc1C1CC1. The Morgan fingerprint density at radius 1 is 1.44 bits per heavy atom. The van der Waals surface area contributed by atoms with E-state index in [-0.39, 0.29) is 6.61 Å². The maximum atomic E-state index is 12.1. The molecular weight excluding hydrogens is 207 g/mol. The summed E-state index contributed by atoms with van der Waals surface area (Å²) < 4.78 is 17.5. The van der Waals surface area contributed by atoms with E-state index in [4.69, 9.17) is 4.74 Å². The van der Waals surface area contributed by atoms with Crippen LogP contribution in [0.1, 0.15) is 49.8 Å². The van der Waals surface area contributed by atoms with E-state index in [0.29, 0.717) is 17.7 Å². The number of aromatic nitrogens is 2. The zero-order valence-corrected chi connectivity index (χ0v) is 9.74. The summed E-state index contributed by atoms with van der Waals surface area (Å²) in [6, 6.07) is 0. The van der Waals surface area contributed by atoms with Crippen LogP contribution < -0.4 is 4.74 Å². The Labute approximate surface area is 95.1 Å². The lowest BCUT2D eigenvalue weighted by Gasteiger charge is -2.15. The first kappa shape index (κ1) is 11.3. The summed E-state index contributed by atoms with van der Waals surface area (Å²) >= 11 is 0. The van der Waals surface area contributed by atoms with Crippen LogP contribution in [-0.4, -0.2) is 23.2 Å². The molecule has 1 aromatic heterocycles. The van der Waals surface area contributed by atoms with E-state index in [2.05, 4.69) is 23.8 Å². The molecule has 0 atom stereocenters. The van der Waals surface area contributed by atoms with Crippen LogP contribution in [0.4, 0.5) is 4.39 Å². The van der Waals surface area contributed by atoms with Crippen molar-refractivity contribution in [3.05, 3.63) is 17.6 Å². The number of rotatable bonds is 5. The van der Waals surface area contributed by atoms with Gasteiger partial charge in [-0.2, -0.15) is 0 Å². The fraction of sp³-hybridized carbons (Fsp3) is 0.667. The van der Waals surface area contributed by atoms with Crippen LogP contribution in [0.5, 0.6) is 5.88 Å². The first-order valence-electron chi connectivity index (χ1n) is 5.77. The number of ether oxygens (including phenoxy) is 1. The summed E-state index contributed by atoms with van der Waals surface area (Å²) in [7, 11) is 0. The van der Waals surface area contributed by atoms with Gasteiger partial charge in [0.1, 0.15) is 19.6 Å². The van der Waals surface area contributed by atoms with Crippen LogP contribution in [0.25, 0.3) is 0 Å². The molecule has 1 aromatic rings. The van der Waals surface area contributed by atoms with Gasteiger partial charge in [0, 0.05) is 11.5 Å². The number of hydrogen-bond acceptors (Lipinski definition) is 3. The lowest BCUT2D eigenvalue weighted by molar-refractivity contribution is 0.260. The third-order valence-electron chi connectivity index (χ3n) is 2.74. The highest BCUT2D eigenvalue weighted by Crippen LogP contribution is 2.43. The Hall–Kier alpha value is -1.19. The summed E-state index contributed by atoms with van der Waals surface area (Å²) in [6.45, 7) is 3.76. The summed E-state index contributed by atoms with van der Waals surface area (Å²) in [6.07, 6.45) is 3.91. The van der Waals surface area contributed by atoms with Crippen LogP contribution in [0.15, 0.2) is 6.33 Å². The molecule has 0 unspecified atom stereocenters. The molecule has 1 fully saturated rings. The largest absolute Gasteiger partial charge is 0.475 e. The predicted octanol–water partition coefficient (Wildman–Crippen LogP) is 2.83. The van der Waals surface area contributed by atoms with E-state index < -0.39 is 6.67 Å². The molecule has 1 saturated carbocycles. The van der Waals surface area contributed by atoms with Crippen LogP contribution in [0.3, 0.4) is 0 Å². The minimum atomic E-state index is -0.486. The molecule has 0 aromatic carbocycles. The van der Waals surface area contributed by atoms with Gasteiger partial charge in [0.05, 0.1) is 5.69 Å². The molecule has 0 aliphatic heterocycles. The van der Waals surface area contributed by atoms with Crippen LogP contribution in [-0.2, 0) is 0 Å². The van der Waals surface area contributed by atoms with Gasteiger partial charge in [-0.05, 0) is 18.8 Å². The van der Waals surface area contributed by atoms with Gasteiger partial charge < -0.3 is 4.74 Å². The van der Waals surface area contributed by atoms with Crippen LogP contribution >= 0.6 is 0 Å². The minimum Gasteiger partial charge on any atom is -0.475 e. The maximum absolute atomic E-state index is 12.1. The van der Waals surface area contributed by atoms with E-state index in [9.17, 15) is 4.39 Å². The Kier molecular flexibility index (Phi) is 3.36. The normalized spacial score (nSPS) is 15.5. The molecule has 16 heavy (non-hydrogen) atoms. The fourth-order valence-corrected chi connectivity index (χ4v) is 1.87. The van der Waals surface area contributed by atoms with Crippen molar-refractivity contribution in [3.63, 3.8) is 0 Å². The van der Waals surface area contributed by atoms with Gasteiger partial charge in [0.2, 0.25) is 5.88 Å². The first-order valence-corrected chi connectivity index (χ1v) is 5.77. The van der Waals surface area contributed by atoms with Gasteiger partial charge in [0.15, 0.2) is 0 Å². The van der Waals surface area contributed by atoms with Gasteiger partial charge in [-0.3, -0.25) is 0 Å². The minimum absolute atomic E-state index is 0.0703. The molecule has 1 aliphatic rings. The topological polar surface area (TPSA) is 35.0 Å². The summed E-state index contributed by atoms with van der Waals surface area (Å²) in [5.74, 6) is 1.43. The third kappa shape index (κ3) is 2.31. The van der Waals surface area contributed by atoms with E-state index in [1.54, 1.807) is 0 Å². The quantitative estimate of drug-likeness (QED) is 0.771.